The number of para-hydroxylation sites is 1. The molecule has 0 N–H and O–H groups in total. The van der Waals surface area contributed by atoms with E-state index >= 15 is 0 Å². The van der Waals surface area contributed by atoms with Gasteiger partial charge in [-0.2, -0.15) is 4.31 Å². The number of fused-ring (bicyclic) bond motifs is 1. The number of amides is 1. The highest BCUT2D eigenvalue weighted by molar-refractivity contribution is 7.89. The third-order valence-corrected chi connectivity index (χ3v) is 6.77. The minimum atomic E-state index is -3.56. The van der Waals surface area contributed by atoms with Crippen LogP contribution in [0.25, 0.3) is 0 Å². The summed E-state index contributed by atoms with van der Waals surface area (Å²) >= 11 is 0. The predicted octanol–water partition coefficient (Wildman–Crippen LogP) is 1.08. The van der Waals surface area contributed by atoms with Crippen LogP contribution in [-0.2, 0) is 14.8 Å². The molecule has 3 aliphatic rings. The van der Waals surface area contributed by atoms with Gasteiger partial charge in [-0.3, -0.25) is 4.79 Å². The first kappa shape index (κ1) is 15.0. The molecule has 0 unspecified atom stereocenters. The highest BCUT2D eigenvalue weighted by atomic mass is 32.2. The Labute approximate surface area is 136 Å². The van der Waals surface area contributed by atoms with Gasteiger partial charge in [0.05, 0.1) is 13.1 Å². The third kappa shape index (κ3) is 2.42. The Kier molecular flexibility index (Phi) is 3.22. The van der Waals surface area contributed by atoms with Crippen molar-refractivity contribution in [1.82, 2.24) is 9.21 Å². The van der Waals surface area contributed by atoms with E-state index in [0.717, 1.165) is 12.8 Å². The van der Waals surface area contributed by atoms with Crippen LogP contribution in [-0.4, -0.2) is 55.8 Å². The Morgan fingerprint density at radius 1 is 1.26 bits per heavy atom. The van der Waals surface area contributed by atoms with Gasteiger partial charge in [0.15, 0.2) is 0 Å². The zero-order chi connectivity index (χ0) is 16.2. The van der Waals surface area contributed by atoms with Crippen LogP contribution < -0.4 is 4.74 Å². The molecule has 1 aromatic rings. The second-order valence-electron chi connectivity index (χ2n) is 6.78. The van der Waals surface area contributed by atoms with Crippen LogP contribution in [0.15, 0.2) is 29.2 Å². The number of sulfonamides is 1. The lowest BCUT2D eigenvalue weighted by atomic mass is 10.0. The van der Waals surface area contributed by atoms with E-state index in [9.17, 15) is 13.2 Å². The largest absolute Gasteiger partial charge is 0.483 e. The number of benzene rings is 1. The van der Waals surface area contributed by atoms with Gasteiger partial charge in [0.2, 0.25) is 15.9 Å². The van der Waals surface area contributed by atoms with Gasteiger partial charge in [-0.15, -0.1) is 0 Å². The Balaban J connectivity index is 1.68. The Hall–Kier alpha value is -1.60. The summed E-state index contributed by atoms with van der Waals surface area (Å²) in [4.78, 5) is 14.4. The second-order valence-corrected chi connectivity index (χ2v) is 8.79. The van der Waals surface area contributed by atoms with E-state index in [0.29, 0.717) is 25.3 Å². The average Bonchev–Trinajstić information content (AvgIpc) is 3.29. The van der Waals surface area contributed by atoms with Crippen molar-refractivity contribution in [3.8, 4) is 5.75 Å². The van der Waals surface area contributed by atoms with Crippen LogP contribution in [0.2, 0.25) is 0 Å². The number of rotatable bonds is 1. The summed E-state index contributed by atoms with van der Waals surface area (Å²) in [6.45, 7) is 1.35. The number of likely N-dealkylation sites (N-methyl/N-ethyl adjacent to an activating group) is 1. The first-order valence-corrected chi connectivity index (χ1v) is 9.39. The summed E-state index contributed by atoms with van der Waals surface area (Å²) in [5.74, 6) is 0.746. The Bertz CT molecular complexity index is 759. The standard InChI is InChI=1S/C16H20N2O4S/c1-17-10-16(8-9-18(11-16)15(19)12-6-7-12)22-13-4-2-3-5-14(13)23(17,20)21/h2-5,12H,6-11H2,1H3/t16-/m1/s1. The number of ether oxygens (including phenoxy) is 1. The molecule has 1 saturated carbocycles. The van der Waals surface area contributed by atoms with E-state index in [-0.39, 0.29) is 23.3 Å². The van der Waals surface area contributed by atoms with E-state index < -0.39 is 15.6 Å². The number of likely N-dealkylation sites (tertiary alicyclic amines) is 1. The molecule has 0 aromatic heterocycles. The second kappa shape index (κ2) is 4.95. The van der Waals surface area contributed by atoms with E-state index in [1.165, 1.54) is 4.31 Å². The quantitative estimate of drug-likeness (QED) is 0.770. The van der Waals surface area contributed by atoms with Crippen LogP contribution in [0.1, 0.15) is 19.3 Å². The lowest BCUT2D eigenvalue weighted by Gasteiger charge is -2.30. The van der Waals surface area contributed by atoms with Gasteiger partial charge >= 0.3 is 0 Å². The number of carbonyl (C=O) groups excluding carboxylic acids is 1. The summed E-state index contributed by atoms with van der Waals surface area (Å²) in [6, 6.07) is 6.74. The molecule has 124 valence electrons. The molecule has 4 rings (SSSR count). The fraction of sp³-hybridized carbons (Fsp3) is 0.562. The maximum absolute atomic E-state index is 12.7. The molecule has 6 nitrogen and oxygen atoms in total. The molecular formula is C16H20N2O4S. The summed E-state index contributed by atoms with van der Waals surface area (Å²) in [6.07, 6.45) is 2.60. The monoisotopic (exact) mass is 336 g/mol. The normalized spacial score (nSPS) is 29.9. The van der Waals surface area contributed by atoms with Crippen molar-refractivity contribution in [3.05, 3.63) is 24.3 Å². The summed E-state index contributed by atoms with van der Waals surface area (Å²) in [5.41, 5.74) is -0.654. The van der Waals surface area contributed by atoms with Crippen LogP contribution in [0, 0.1) is 5.92 Å². The smallest absolute Gasteiger partial charge is 0.246 e. The topological polar surface area (TPSA) is 66.9 Å². The summed E-state index contributed by atoms with van der Waals surface area (Å²) < 4.78 is 32.9. The van der Waals surface area contributed by atoms with Crippen molar-refractivity contribution in [2.24, 2.45) is 5.92 Å². The molecule has 1 saturated heterocycles. The van der Waals surface area contributed by atoms with Crippen LogP contribution in [0.5, 0.6) is 5.75 Å². The van der Waals surface area contributed by atoms with Crippen molar-refractivity contribution >= 4 is 15.9 Å². The van der Waals surface area contributed by atoms with Gasteiger partial charge in [-0.05, 0) is 25.0 Å². The van der Waals surface area contributed by atoms with Crippen LogP contribution in [0.3, 0.4) is 0 Å². The molecule has 2 aliphatic heterocycles. The molecule has 2 heterocycles. The molecule has 23 heavy (non-hydrogen) atoms. The molecule has 1 atom stereocenters. The number of hydrogen-bond acceptors (Lipinski definition) is 4. The zero-order valence-corrected chi connectivity index (χ0v) is 13.9. The van der Waals surface area contributed by atoms with Crippen molar-refractivity contribution in [1.29, 1.82) is 0 Å². The van der Waals surface area contributed by atoms with Gasteiger partial charge in [0.1, 0.15) is 16.2 Å². The van der Waals surface area contributed by atoms with Crippen LogP contribution in [0.4, 0.5) is 0 Å². The predicted molar refractivity (Wildman–Crippen MR) is 83.5 cm³/mol. The highest BCUT2D eigenvalue weighted by Crippen LogP contribution is 2.39. The van der Waals surface area contributed by atoms with Gasteiger partial charge in [-0.25, -0.2) is 8.42 Å². The Morgan fingerprint density at radius 3 is 2.74 bits per heavy atom. The minimum Gasteiger partial charge on any atom is -0.483 e. The third-order valence-electron chi connectivity index (χ3n) is 4.93. The minimum absolute atomic E-state index is 0.171. The maximum Gasteiger partial charge on any atom is 0.246 e. The summed E-state index contributed by atoms with van der Waals surface area (Å²) in [5, 5.41) is 0. The molecule has 2 fully saturated rings. The number of nitrogens with zero attached hydrogens (tertiary/aromatic N) is 2. The van der Waals surface area contributed by atoms with Crippen molar-refractivity contribution in [3.63, 3.8) is 0 Å². The lowest BCUT2D eigenvalue weighted by molar-refractivity contribution is -0.132. The molecule has 1 aliphatic carbocycles. The fourth-order valence-electron chi connectivity index (χ4n) is 3.51. The lowest BCUT2D eigenvalue weighted by Crippen LogP contribution is -2.48. The molecule has 1 amide bonds. The highest BCUT2D eigenvalue weighted by Gasteiger charge is 2.49. The number of carbonyl (C=O) groups is 1. The molecule has 7 heteroatoms. The zero-order valence-electron chi connectivity index (χ0n) is 13.1. The van der Waals surface area contributed by atoms with Crippen LogP contribution >= 0.6 is 0 Å². The van der Waals surface area contributed by atoms with Gasteiger partial charge in [0.25, 0.3) is 0 Å². The van der Waals surface area contributed by atoms with Crippen molar-refractivity contribution in [2.45, 2.75) is 29.8 Å². The van der Waals surface area contributed by atoms with E-state index in [4.69, 9.17) is 4.74 Å². The molecule has 1 aromatic carbocycles. The molecule has 0 radical (unpaired) electrons. The van der Waals surface area contributed by atoms with Crippen molar-refractivity contribution in [2.75, 3.05) is 26.7 Å². The first-order chi connectivity index (χ1) is 10.9. The maximum atomic E-state index is 12.7. The van der Waals surface area contributed by atoms with E-state index in [1.807, 2.05) is 4.90 Å². The molecule has 0 bridgehead atoms. The first-order valence-electron chi connectivity index (χ1n) is 7.95. The van der Waals surface area contributed by atoms with Gasteiger partial charge < -0.3 is 9.64 Å². The van der Waals surface area contributed by atoms with E-state index in [2.05, 4.69) is 0 Å². The van der Waals surface area contributed by atoms with Gasteiger partial charge in [-0.1, -0.05) is 12.1 Å². The fourth-order valence-corrected chi connectivity index (χ4v) is 4.86. The average molecular weight is 336 g/mol. The number of hydrogen-bond donors (Lipinski definition) is 0. The molecular weight excluding hydrogens is 316 g/mol. The molecule has 1 spiro atoms. The SMILES string of the molecule is CN1C[C@@]2(CCN(C(=O)C3CC3)C2)Oc2ccccc2S1(=O)=O. The Morgan fingerprint density at radius 2 is 2.00 bits per heavy atom. The summed E-state index contributed by atoms with van der Waals surface area (Å²) in [7, 11) is -1.98. The van der Waals surface area contributed by atoms with Gasteiger partial charge in [0, 0.05) is 25.9 Å². The van der Waals surface area contributed by atoms with Crippen molar-refractivity contribution < 1.29 is 17.9 Å². The van der Waals surface area contributed by atoms with E-state index in [1.54, 1.807) is 31.3 Å².